The van der Waals surface area contributed by atoms with E-state index in [1.165, 1.54) is 25.7 Å². The first-order valence-corrected chi connectivity index (χ1v) is 6.15. The molecule has 2 fully saturated rings. The first-order valence-electron chi connectivity index (χ1n) is 6.15. The van der Waals surface area contributed by atoms with Crippen LogP contribution in [0.15, 0.2) is 0 Å². The molecule has 2 aliphatic rings. The molecule has 3 N–H and O–H groups in total. The van der Waals surface area contributed by atoms with E-state index in [-0.39, 0.29) is 30.3 Å². The summed E-state index contributed by atoms with van der Waals surface area (Å²) in [6.45, 7) is 3.99. The Hall–Kier alpha value is -0.280. The number of amides is 1. The molecule has 0 radical (unpaired) electrons. The molecule has 0 aromatic carbocycles. The minimum Gasteiger partial charge on any atom is -0.351 e. The van der Waals surface area contributed by atoms with E-state index in [0.717, 1.165) is 11.8 Å². The van der Waals surface area contributed by atoms with E-state index in [9.17, 15) is 4.79 Å². The average molecular weight is 247 g/mol. The molecule has 1 atom stereocenters. The van der Waals surface area contributed by atoms with Crippen LogP contribution in [0.5, 0.6) is 0 Å². The Morgan fingerprint density at radius 2 is 1.62 bits per heavy atom. The molecular formula is C12H23ClN2O. The molecule has 0 unspecified atom stereocenters. The predicted octanol–water partition coefficient (Wildman–Crippen LogP) is 1.70. The van der Waals surface area contributed by atoms with Crippen LogP contribution in [0.25, 0.3) is 0 Å². The highest BCUT2D eigenvalue weighted by atomic mass is 35.5. The van der Waals surface area contributed by atoms with Gasteiger partial charge in [0.1, 0.15) is 0 Å². The van der Waals surface area contributed by atoms with Crippen molar-refractivity contribution in [3.05, 3.63) is 0 Å². The van der Waals surface area contributed by atoms with Gasteiger partial charge >= 0.3 is 0 Å². The van der Waals surface area contributed by atoms with E-state index >= 15 is 0 Å². The number of carbonyl (C=O) groups is 1. The van der Waals surface area contributed by atoms with E-state index in [0.29, 0.717) is 6.04 Å². The maximum atomic E-state index is 11.8. The molecule has 0 bridgehead atoms. The molecule has 0 aliphatic heterocycles. The summed E-state index contributed by atoms with van der Waals surface area (Å²) in [6.07, 6.45) is 5.16. The van der Waals surface area contributed by atoms with Crippen molar-refractivity contribution in [1.82, 2.24) is 5.32 Å². The largest absolute Gasteiger partial charge is 0.351 e. The smallest absolute Gasteiger partial charge is 0.237 e. The zero-order valence-corrected chi connectivity index (χ0v) is 10.9. The van der Waals surface area contributed by atoms with Crippen LogP contribution in [-0.2, 0) is 4.79 Å². The number of halogens is 1. The van der Waals surface area contributed by atoms with Crippen LogP contribution in [0.1, 0.15) is 39.5 Å². The summed E-state index contributed by atoms with van der Waals surface area (Å²) >= 11 is 0. The molecule has 2 aliphatic carbocycles. The van der Waals surface area contributed by atoms with Gasteiger partial charge in [-0.05, 0) is 43.4 Å². The van der Waals surface area contributed by atoms with Crippen LogP contribution in [0.4, 0.5) is 0 Å². The number of nitrogens with two attached hydrogens (primary N) is 1. The standard InChI is InChI=1S/C12H22N2O.ClH/c1-7(2)10(13)12(15)14-11(8-3-4-8)9-5-6-9;/h7-11H,3-6,13H2,1-2H3,(H,14,15);1H/t10-;/m1./s1. The highest BCUT2D eigenvalue weighted by molar-refractivity contribution is 5.85. The van der Waals surface area contributed by atoms with Crippen molar-refractivity contribution < 1.29 is 4.79 Å². The second kappa shape index (κ2) is 5.37. The molecule has 2 saturated carbocycles. The maximum absolute atomic E-state index is 11.8. The molecule has 2 rings (SSSR count). The summed E-state index contributed by atoms with van der Waals surface area (Å²) < 4.78 is 0. The van der Waals surface area contributed by atoms with Gasteiger partial charge in [-0.15, -0.1) is 12.4 Å². The minimum absolute atomic E-state index is 0. The number of nitrogens with one attached hydrogen (secondary N) is 1. The lowest BCUT2D eigenvalue weighted by atomic mass is 10.0. The summed E-state index contributed by atoms with van der Waals surface area (Å²) in [5.41, 5.74) is 5.84. The summed E-state index contributed by atoms with van der Waals surface area (Å²) in [6, 6.07) is 0.0901. The number of carbonyl (C=O) groups excluding carboxylic acids is 1. The highest BCUT2D eigenvalue weighted by Crippen LogP contribution is 2.44. The first-order chi connectivity index (χ1) is 7.09. The van der Waals surface area contributed by atoms with Gasteiger partial charge in [-0.1, -0.05) is 13.8 Å². The monoisotopic (exact) mass is 246 g/mol. The molecule has 3 nitrogen and oxygen atoms in total. The molecule has 4 heteroatoms. The summed E-state index contributed by atoms with van der Waals surface area (Å²) in [7, 11) is 0. The summed E-state index contributed by atoms with van der Waals surface area (Å²) in [5, 5.41) is 3.16. The first kappa shape index (κ1) is 13.8. The van der Waals surface area contributed by atoms with E-state index < -0.39 is 0 Å². The van der Waals surface area contributed by atoms with Crippen molar-refractivity contribution in [2.45, 2.75) is 51.6 Å². The average Bonchev–Trinajstić information content (AvgIpc) is 3.03. The van der Waals surface area contributed by atoms with Gasteiger partial charge in [0.25, 0.3) is 0 Å². The van der Waals surface area contributed by atoms with Crippen LogP contribution < -0.4 is 11.1 Å². The van der Waals surface area contributed by atoms with Gasteiger partial charge in [0.05, 0.1) is 6.04 Å². The van der Waals surface area contributed by atoms with Crippen molar-refractivity contribution in [2.24, 2.45) is 23.5 Å². The van der Waals surface area contributed by atoms with E-state index in [1.54, 1.807) is 0 Å². The molecule has 16 heavy (non-hydrogen) atoms. The van der Waals surface area contributed by atoms with Gasteiger partial charge in [-0.3, -0.25) is 4.79 Å². The number of hydrogen-bond acceptors (Lipinski definition) is 2. The van der Waals surface area contributed by atoms with Crippen molar-refractivity contribution in [2.75, 3.05) is 0 Å². The van der Waals surface area contributed by atoms with Gasteiger partial charge < -0.3 is 11.1 Å². The normalized spacial score (nSPS) is 21.8. The molecule has 0 saturated heterocycles. The Balaban J connectivity index is 0.00000128. The fraction of sp³-hybridized carbons (Fsp3) is 0.917. The van der Waals surface area contributed by atoms with Crippen LogP contribution in [-0.4, -0.2) is 18.0 Å². The lowest BCUT2D eigenvalue weighted by Crippen LogP contribution is -2.49. The lowest BCUT2D eigenvalue weighted by molar-refractivity contribution is -0.124. The Labute approximate surface area is 104 Å². The minimum atomic E-state index is -0.343. The third-order valence-electron chi connectivity index (χ3n) is 3.59. The molecule has 0 aromatic heterocycles. The van der Waals surface area contributed by atoms with Gasteiger partial charge in [-0.2, -0.15) is 0 Å². The Bertz CT molecular complexity index is 237. The molecule has 0 aromatic rings. The van der Waals surface area contributed by atoms with E-state index in [2.05, 4.69) is 5.32 Å². The molecule has 0 heterocycles. The van der Waals surface area contributed by atoms with Crippen molar-refractivity contribution in [1.29, 1.82) is 0 Å². The van der Waals surface area contributed by atoms with Gasteiger partial charge in [-0.25, -0.2) is 0 Å². The van der Waals surface area contributed by atoms with Gasteiger partial charge in [0.15, 0.2) is 0 Å². The predicted molar refractivity (Wildman–Crippen MR) is 67.4 cm³/mol. The highest BCUT2D eigenvalue weighted by Gasteiger charge is 2.42. The third kappa shape index (κ3) is 3.36. The maximum Gasteiger partial charge on any atom is 0.237 e. The number of hydrogen-bond donors (Lipinski definition) is 2. The van der Waals surface area contributed by atoms with Crippen LogP contribution in [0.3, 0.4) is 0 Å². The summed E-state index contributed by atoms with van der Waals surface area (Å²) in [4.78, 5) is 11.8. The SMILES string of the molecule is CC(C)[C@@H](N)C(=O)NC(C1CC1)C1CC1.Cl. The van der Waals surface area contributed by atoms with Crippen LogP contribution >= 0.6 is 12.4 Å². The van der Waals surface area contributed by atoms with Gasteiger partial charge in [0.2, 0.25) is 5.91 Å². The van der Waals surface area contributed by atoms with Gasteiger partial charge in [0, 0.05) is 6.04 Å². The second-order valence-corrected chi connectivity index (χ2v) is 5.48. The second-order valence-electron chi connectivity index (χ2n) is 5.48. The zero-order valence-electron chi connectivity index (χ0n) is 10.1. The zero-order chi connectivity index (χ0) is 11.0. The molecule has 94 valence electrons. The fourth-order valence-corrected chi connectivity index (χ4v) is 2.09. The lowest BCUT2D eigenvalue weighted by Gasteiger charge is -2.22. The molecular weight excluding hydrogens is 224 g/mol. The molecule has 1 amide bonds. The topological polar surface area (TPSA) is 55.1 Å². The Kier molecular flexibility index (Phi) is 4.62. The van der Waals surface area contributed by atoms with Crippen LogP contribution in [0, 0.1) is 17.8 Å². The van der Waals surface area contributed by atoms with Crippen molar-refractivity contribution >= 4 is 18.3 Å². The third-order valence-corrected chi connectivity index (χ3v) is 3.59. The fourth-order valence-electron chi connectivity index (χ4n) is 2.09. The summed E-state index contributed by atoms with van der Waals surface area (Å²) in [5.74, 6) is 1.78. The van der Waals surface area contributed by atoms with Crippen LogP contribution in [0.2, 0.25) is 0 Å². The quantitative estimate of drug-likeness (QED) is 0.776. The Morgan fingerprint density at radius 1 is 1.19 bits per heavy atom. The molecule has 0 spiro atoms. The van der Waals surface area contributed by atoms with E-state index in [1.807, 2.05) is 13.8 Å². The number of rotatable bonds is 5. The van der Waals surface area contributed by atoms with Crippen molar-refractivity contribution in [3.8, 4) is 0 Å². The van der Waals surface area contributed by atoms with Crippen molar-refractivity contribution in [3.63, 3.8) is 0 Å². The van der Waals surface area contributed by atoms with E-state index in [4.69, 9.17) is 5.73 Å². The Morgan fingerprint density at radius 3 is 1.94 bits per heavy atom.